The quantitative estimate of drug-likeness (QED) is 0.463. The molecular weight excluding hydrogens is 482 g/mol. The number of hydroxylamine groups is 1. The highest BCUT2D eigenvalue weighted by Crippen LogP contribution is 2.28. The number of carbonyl (C=O) groups excluding carboxylic acids is 1. The molecule has 1 aromatic heterocycles. The van der Waals surface area contributed by atoms with Crippen LogP contribution in [0.4, 0.5) is 0 Å². The van der Waals surface area contributed by atoms with Crippen LogP contribution >= 0.6 is 12.4 Å². The van der Waals surface area contributed by atoms with E-state index < -0.39 is 9.84 Å². The summed E-state index contributed by atoms with van der Waals surface area (Å²) in [5.41, 5.74) is 2.93. The van der Waals surface area contributed by atoms with E-state index >= 15 is 0 Å². The fourth-order valence-corrected chi connectivity index (χ4v) is 5.22. The number of halogens is 1. The summed E-state index contributed by atoms with van der Waals surface area (Å²) in [7, 11) is -2.34. The standard InChI is InChI=1S/C23H31N3O6S.ClH/c1-3-32-20-6-4-17(5-7-20)14-22(27)25-26(28)16-18-12-13-24-23(15-18)33(29,30)21-10-8-19(31-2)9-11-21;/h8-13,15,17,20,28H,3-7,14,16H2,1-2H3,(H,25,27);1H/t17-,20-;. The molecule has 1 saturated carbocycles. The second kappa shape index (κ2) is 13.0. The number of hydrogen-bond donors (Lipinski definition) is 2. The molecule has 0 aliphatic heterocycles. The van der Waals surface area contributed by atoms with Crippen LogP contribution in [0.1, 0.15) is 44.6 Å². The minimum atomic E-state index is -3.84. The molecule has 1 fully saturated rings. The average Bonchev–Trinajstić information content (AvgIpc) is 2.80. The second-order valence-electron chi connectivity index (χ2n) is 8.08. The predicted octanol–water partition coefficient (Wildman–Crippen LogP) is 3.55. The van der Waals surface area contributed by atoms with Crippen LogP contribution in [0.2, 0.25) is 0 Å². The van der Waals surface area contributed by atoms with E-state index in [1.165, 1.54) is 31.5 Å². The Morgan fingerprint density at radius 2 is 1.85 bits per heavy atom. The van der Waals surface area contributed by atoms with E-state index in [1.807, 2.05) is 6.92 Å². The highest BCUT2D eigenvalue weighted by molar-refractivity contribution is 7.91. The summed E-state index contributed by atoms with van der Waals surface area (Å²) in [5, 5.41) is 10.7. The first-order valence-corrected chi connectivity index (χ1v) is 12.5. The fraction of sp³-hybridized carbons (Fsp3) is 0.478. The molecule has 9 nitrogen and oxygen atoms in total. The molecule has 1 aliphatic rings. The van der Waals surface area contributed by atoms with Gasteiger partial charge in [-0.2, -0.15) is 0 Å². The number of methoxy groups -OCH3 is 1. The summed E-state index contributed by atoms with van der Waals surface area (Å²) in [6, 6.07) is 8.98. The molecular formula is C23H32ClN3O6S. The van der Waals surface area contributed by atoms with Crippen LogP contribution in [0.5, 0.6) is 5.75 Å². The smallest absolute Gasteiger partial charge is 0.236 e. The van der Waals surface area contributed by atoms with Crippen molar-refractivity contribution in [3.8, 4) is 5.75 Å². The van der Waals surface area contributed by atoms with Gasteiger partial charge in [0.2, 0.25) is 15.7 Å². The summed E-state index contributed by atoms with van der Waals surface area (Å²) in [6.07, 6.45) is 5.68. The zero-order valence-electron chi connectivity index (χ0n) is 19.3. The average molecular weight is 514 g/mol. The molecule has 1 amide bonds. The number of aromatic nitrogens is 1. The van der Waals surface area contributed by atoms with E-state index in [0.29, 0.717) is 29.5 Å². The van der Waals surface area contributed by atoms with Gasteiger partial charge in [-0.3, -0.25) is 15.4 Å². The van der Waals surface area contributed by atoms with Gasteiger partial charge in [0, 0.05) is 19.2 Å². The van der Waals surface area contributed by atoms with Gasteiger partial charge in [0.1, 0.15) is 5.75 Å². The summed E-state index contributed by atoms with van der Waals surface area (Å²) in [6.45, 7) is 2.60. The Bertz CT molecular complexity index is 1030. The van der Waals surface area contributed by atoms with Gasteiger partial charge >= 0.3 is 0 Å². The zero-order chi connectivity index (χ0) is 23.8. The van der Waals surface area contributed by atoms with E-state index in [1.54, 1.807) is 18.2 Å². The molecule has 188 valence electrons. The Labute approximate surface area is 206 Å². The van der Waals surface area contributed by atoms with Crippen molar-refractivity contribution in [2.75, 3.05) is 13.7 Å². The molecule has 2 aromatic rings. The number of nitrogens with one attached hydrogen (secondary N) is 1. The number of amides is 1. The van der Waals surface area contributed by atoms with Crippen molar-refractivity contribution in [1.29, 1.82) is 0 Å². The number of ether oxygens (including phenoxy) is 2. The fourth-order valence-electron chi connectivity index (χ4n) is 3.97. The van der Waals surface area contributed by atoms with Crippen molar-refractivity contribution in [3.05, 3.63) is 48.2 Å². The van der Waals surface area contributed by atoms with E-state index in [0.717, 1.165) is 25.7 Å². The van der Waals surface area contributed by atoms with Crippen LogP contribution in [-0.4, -0.2) is 49.5 Å². The number of rotatable bonds is 10. The first-order valence-electron chi connectivity index (χ1n) is 11.0. The number of hydrogen-bond acceptors (Lipinski definition) is 8. The summed E-state index contributed by atoms with van der Waals surface area (Å²) in [5.74, 6) is 0.527. The van der Waals surface area contributed by atoms with Crippen molar-refractivity contribution in [1.82, 2.24) is 15.6 Å². The van der Waals surface area contributed by atoms with Crippen molar-refractivity contribution >= 4 is 28.2 Å². The Balaban J connectivity index is 0.00000408. The third-order valence-corrected chi connectivity index (χ3v) is 7.37. The maximum absolute atomic E-state index is 12.9. The Morgan fingerprint density at radius 1 is 1.18 bits per heavy atom. The molecule has 34 heavy (non-hydrogen) atoms. The topological polar surface area (TPSA) is 118 Å². The van der Waals surface area contributed by atoms with E-state index in [2.05, 4.69) is 10.4 Å². The highest BCUT2D eigenvalue weighted by atomic mass is 35.5. The van der Waals surface area contributed by atoms with E-state index in [9.17, 15) is 18.4 Å². The van der Waals surface area contributed by atoms with Gasteiger partial charge in [0.05, 0.1) is 24.7 Å². The van der Waals surface area contributed by atoms with Crippen molar-refractivity contribution in [3.63, 3.8) is 0 Å². The third kappa shape index (κ3) is 7.64. The second-order valence-corrected chi connectivity index (χ2v) is 9.97. The van der Waals surface area contributed by atoms with Crippen LogP contribution in [0.25, 0.3) is 0 Å². The monoisotopic (exact) mass is 513 g/mol. The summed E-state index contributed by atoms with van der Waals surface area (Å²) in [4.78, 5) is 16.4. The van der Waals surface area contributed by atoms with Gasteiger partial charge in [-0.25, -0.2) is 13.4 Å². The van der Waals surface area contributed by atoms with Crippen LogP contribution in [0.15, 0.2) is 52.5 Å². The number of sulfone groups is 1. The van der Waals surface area contributed by atoms with Crippen molar-refractivity contribution in [2.24, 2.45) is 5.92 Å². The molecule has 11 heteroatoms. The number of hydrazine groups is 1. The summed E-state index contributed by atoms with van der Waals surface area (Å²) >= 11 is 0. The first kappa shape index (κ1) is 28.0. The van der Waals surface area contributed by atoms with Crippen molar-refractivity contribution in [2.45, 2.75) is 61.6 Å². The molecule has 0 radical (unpaired) electrons. The largest absolute Gasteiger partial charge is 0.497 e. The predicted molar refractivity (Wildman–Crippen MR) is 127 cm³/mol. The van der Waals surface area contributed by atoms with Crippen LogP contribution in [-0.2, 0) is 25.9 Å². The maximum Gasteiger partial charge on any atom is 0.236 e. The first-order chi connectivity index (χ1) is 15.8. The molecule has 0 atom stereocenters. The lowest BCUT2D eigenvalue weighted by molar-refractivity contribution is -0.166. The normalized spacial score (nSPS) is 18.2. The van der Waals surface area contributed by atoms with Gasteiger partial charge in [-0.1, -0.05) is 5.17 Å². The van der Waals surface area contributed by atoms with Gasteiger partial charge in [0.15, 0.2) is 5.03 Å². The minimum Gasteiger partial charge on any atom is -0.497 e. The Morgan fingerprint density at radius 3 is 2.47 bits per heavy atom. The molecule has 2 N–H and O–H groups in total. The lowest BCUT2D eigenvalue weighted by Crippen LogP contribution is -2.40. The van der Waals surface area contributed by atoms with E-state index in [4.69, 9.17) is 9.47 Å². The Kier molecular flexibility index (Phi) is 10.7. The number of nitrogens with zero attached hydrogens (tertiary/aromatic N) is 2. The molecule has 0 spiro atoms. The van der Waals surface area contributed by atoms with Crippen LogP contribution < -0.4 is 10.2 Å². The van der Waals surface area contributed by atoms with Gasteiger partial charge in [-0.05, 0) is 80.5 Å². The zero-order valence-corrected chi connectivity index (χ0v) is 21.0. The molecule has 1 aliphatic carbocycles. The number of pyridine rings is 1. The van der Waals surface area contributed by atoms with Crippen LogP contribution in [0.3, 0.4) is 0 Å². The molecule has 0 saturated heterocycles. The molecule has 1 heterocycles. The third-order valence-electron chi connectivity index (χ3n) is 5.70. The highest BCUT2D eigenvalue weighted by Gasteiger charge is 2.24. The lowest BCUT2D eigenvalue weighted by atomic mass is 9.85. The van der Waals surface area contributed by atoms with Crippen LogP contribution in [0, 0.1) is 5.92 Å². The summed E-state index contributed by atoms with van der Waals surface area (Å²) < 4.78 is 36.5. The molecule has 1 aromatic carbocycles. The van der Waals surface area contributed by atoms with E-state index in [-0.39, 0.29) is 46.8 Å². The molecule has 0 unspecified atom stereocenters. The molecule has 0 bridgehead atoms. The minimum absolute atomic E-state index is 0. The number of carbonyl (C=O) groups is 1. The number of benzene rings is 1. The SMILES string of the molecule is CCO[C@H]1CC[C@H](CC(=O)NN(O)Cc2ccnc(S(=O)(=O)c3ccc(OC)cc3)c2)CC1.Cl. The van der Waals surface area contributed by atoms with Crippen molar-refractivity contribution < 1.29 is 27.9 Å². The van der Waals surface area contributed by atoms with Gasteiger partial charge in [0.25, 0.3) is 0 Å². The Hall–Kier alpha value is -2.24. The van der Waals surface area contributed by atoms with Gasteiger partial charge < -0.3 is 9.47 Å². The molecule has 3 rings (SSSR count). The van der Waals surface area contributed by atoms with Gasteiger partial charge in [-0.15, -0.1) is 12.4 Å². The lowest BCUT2D eigenvalue weighted by Gasteiger charge is -2.28. The maximum atomic E-state index is 12.9.